The second kappa shape index (κ2) is 9.02. The first-order valence-corrected chi connectivity index (χ1v) is 10.9. The molecule has 156 valence electrons. The molecule has 1 amide bonds. The van der Waals surface area contributed by atoms with Crippen molar-refractivity contribution in [2.45, 2.75) is 31.1 Å². The number of nitrogens with zero attached hydrogens (tertiary/aromatic N) is 3. The molecule has 1 atom stereocenters. The Balaban J connectivity index is 1.53. The smallest absolute Gasteiger partial charge is 0.237 e. The number of hydrogen-bond acceptors (Lipinski definition) is 4. The molecule has 0 N–H and O–H groups in total. The Kier molecular flexibility index (Phi) is 6.20. The summed E-state index contributed by atoms with van der Waals surface area (Å²) in [6.07, 6.45) is 2.65. The number of fused-ring (bicyclic) bond motifs is 1. The maximum absolute atomic E-state index is 13.3. The Morgan fingerprint density at radius 1 is 1.23 bits per heavy atom. The first-order chi connectivity index (χ1) is 14.6. The molecule has 2 aromatic carbocycles. The highest BCUT2D eigenvalue weighted by molar-refractivity contribution is 7.99. The largest absolute Gasteiger partial charge is 0.383 e. The number of carbonyl (C=O) groups excluding carboxylic acids is 1. The summed E-state index contributed by atoms with van der Waals surface area (Å²) in [5.41, 5.74) is 3.97. The number of carbonyl (C=O) groups is 1. The standard InChI is InChI=1S/C23H24FN3O2S/c1-16-13-18-5-3-4-6-20(18)27(16)22(28)15-30-23-25-14-21(26(23)11-12-29-2)17-7-9-19(24)10-8-17/h3-10,14,16H,11-13,15H2,1-2H3. The molecule has 1 aromatic heterocycles. The van der Waals surface area contributed by atoms with E-state index >= 15 is 0 Å². The summed E-state index contributed by atoms with van der Waals surface area (Å²) in [6, 6.07) is 14.6. The van der Waals surface area contributed by atoms with Crippen molar-refractivity contribution in [2.75, 3.05) is 24.4 Å². The molecule has 2 heterocycles. The molecular weight excluding hydrogens is 401 g/mol. The number of halogens is 1. The average molecular weight is 426 g/mol. The first-order valence-electron chi connectivity index (χ1n) is 9.91. The zero-order valence-electron chi connectivity index (χ0n) is 17.0. The monoisotopic (exact) mass is 425 g/mol. The predicted molar refractivity (Wildman–Crippen MR) is 117 cm³/mol. The molecule has 7 heteroatoms. The van der Waals surface area contributed by atoms with Crippen LogP contribution < -0.4 is 4.90 Å². The van der Waals surface area contributed by atoms with Crippen LogP contribution in [0.2, 0.25) is 0 Å². The van der Waals surface area contributed by atoms with Gasteiger partial charge in [0.25, 0.3) is 0 Å². The van der Waals surface area contributed by atoms with Crippen LogP contribution in [0.15, 0.2) is 59.9 Å². The van der Waals surface area contributed by atoms with E-state index in [4.69, 9.17) is 4.74 Å². The van der Waals surface area contributed by atoms with Crippen LogP contribution in [0.5, 0.6) is 0 Å². The number of ether oxygens (including phenoxy) is 1. The van der Waals surface area contributed by atoms with E-state index in [1.807, 2.05) is 27.7 Å². The van der Waals surface area contributed by atoms with Gasteiger partial charge >= 0.3 is 0 Å². The Morgan fingerprint density at radius 2 is 2.00 bits per heavy atom. The van der Waals surface area contributed by atoms with Gasteiger partial charge < -0.3 is 14.2 Å². The number of anilines is 1. The van der Waals surface area contributed by atoms with E-state index in [-0.39, 0.29) is 17.8 Å². The highest BCUT2D eigenvalue weighted by Crippen LogP contribution is 2.33. The number of amides is 1. The molecule has 1 unspecified atom stereocenters. The van der Waals surface area contributed by atoms with Crippen LogP contribution >= 0.6 is 11.8 Å². The summed E-state index contributed by atoms with van der Waals surface area (Å²) in [6.45, 7) is 3.19. The Labute approximate surface area is 179 Å². The molecule has 1 aliphatic rings. The molecule has 0 radical (unpaired) electrons. The highest BCUT2D eigenvalue weighted by Gasteiger charge is 2.30. The van der Waals surface area contributed by atoms with Gasteiger partial charge in [0.1, 0.15) is 5.82 Å². The number of thioether (sulfide) groups is 1. The predicted octanol–water partition coefficient (Wildman–Crippen LogP) is 4.41. The summed E-state index contributed by atoms with van der Waals surface area (Å²) in [5, 5.41) is 0.750. The minimum Gasteiger partial charge on any atom is -0.383 e. The van der Waals surface area contributed by atoms with Crippen LogP contribution in [0.4, 0.5) is 10.1 Å². The molecule has 0 saturated carbocycles. The lowest BCUT2D eigenvalue weighted by molar-refractivity contribution is -0.116. The molecule has 30 heavy (non-hydrogen) atoms. The van der Waals surface area contributed by atoms with E-state index in [9.17, 15) is 9.18 Å². The second-order valence-electron chi connectivity index (χ2n) is 7.31. The summed E-state index contributed by atoms with van der Waals surface area (Å²) >= 11 is 1.42. The van der Waals surface area contributed by atoms with Gasteiger partial charge in [0, 0.05) is 25.4 Å². The maximum Gasteiger partial charge on any atom is 0.237 e. The quantitative estimate of drug-likeness (QED) is 0.526. The summed E-state index contributed by atoms with van der Waals surface area (Å²) in [4.78, 5) is 19.5. The Bertz CT molecular complexity index is 1040. The zero-order valence-corrected chi connectivity index (χ0v) is 17.9. The number of methoxy groups -OCH3 is 1. The fourth-order valence-electron chi connectivity index (χ4n) is 3.87. The average Bonchev–Trinajstić information content (AvgIpc) is 3.30. The third kappa shape index (κ3) is 4.13. The fraction of sp³-hybridized carbons (Fsp3) is 0.304. The van der Waals surface area contributed by atoms with Gasteiger partial charge in [-0.25, -0.2) is 9.37 Å². The number of benzene rings is 2. The Hall–Kier alpha value is -2.64. The fourth-order valence-corrected chi connectivity index (χ4v) is 4.73. The third-order valence-corrected chi connectivity index (χ3v) is 6.25. The molecule has 0 aliphatic carbocycles. The van der Waals surface area contributed by atoms with Gasteiger partial charge in [0.2, 0.25) is 5.91 Å². The molecule has 5 nitrogen and oxygen atoms in total. The van der Waals surface area contributed by atoms with Gasteiger partial charge in [-0.15, -0.1) is 0 Å². The minimum absolute atomic E-state index is 0.0714. The van der Waals surface area contributed by atoms with Crippen LogP contribution in [-0.2, 0) is 22.5 Å². The van der Waals surface area contributed by atoms with Crippen molar-refractivity contribution < 1.29 is 13.9 Å². The number of hydrogen-bond donors (Lipinski definition) is 0. The molecular formula is C23H24FN3O2S. The lowest BCUT2D eigenvalue weighted by Crippen LogP contribution is -2.37. The second-order valence-corrected chi connectivity index (χ2v) is 8.25. The van der Waals surface area contributed by atoms with Crippen molar-refractivity contribution in [1.82, 2.24) is 9.55 Å². The van der Waals surface area contributed by atoms with Crippen LogP contribution in [-0.4, -0.2) is 41.0 Å². The van der Waals surface area contributed by atoms with E-state index in [2.05, 4.69) is 18.0 Å². The number of aromatic nitrogens is 2. The van der Waals surface area contributed by atoms with Crippen LogP contribution in [0, 0.1) is 5.82 Å². The van der Waals surface area contributed by atoms with E-state index in [0.717, 1.165) is 28.5 Å². The van der Waals surface area contributed by atoms with Gasteiger partial charge in [-0.2, -0.15) is 0 Å². The van der Waals surface area contributed by atoms with Crippen molar-refractivity contribution in [3.63, 3.8) is 0 Å². The molecule has 1 aliphatic heterocycles. The molecule has 3 aromatic rings. The lowest BCUT2D eigenvalue weighted by atomic mass is 10.1. The first kappa shape index (κ1) is 20.6. The van der Waals surface area contributed by atoms with Crippen molar-refractivity contribution in [3.05, 3.63) is 66.1 Å². The molecule has 0 bridgehead atoms. The SMILES string of the molecule is COCCn1c(-c2ccc(F)cc2)cnc1SCC(=O)N1c2ccccc2CC1C. The van der Waals surface area contributed by atoms with E-state index in [1.54, 1.807) is 25.4 Å². The summed E-state index contributed by atoms with van der Waals surface area (Å²) in [5.74, 6) is 0.0925. The normalized spacial score (nSPS) is 15.4. The van der Waals surface area contributed by atoms with E-state index < -0.39 is 0 Å². The van der Waals surface area contributed by atoms with Crippen LogP contribution in [0.1, 0.15) is 12.5 Å². The third-order valence-electron chi connectivity index (χ3n) is 5.28. The van der Waals surface area contributed by atoms with Crippen LogP contribution in [0.3, 0.4) is 0 Å². The van der Waals surface area contributed by atoms with Crippen LogP contribution in [0.25, 0.3) is 11.3 Å². The van der Waals surface area contributed by atoms with E-state index in [1.165, 1.54) is 29.5 Å². The van der Waals surface area contributed by atoms with Crippen molar-refractivity contribution in [3.8, 4) is 11.3 Å². The highest BCUT2D eigenvalue weighted by atomic mass is 32.2. The lowest BCUT2D eigenvalue weighted by Gasteiger charge is -2.22. The summed E-state index contributed by atoms with van der Waals surface area (Å²) in [7, 11) is 1.65. The molecule has 0 saturated heterocycles. The summed E-state index contributed by atoms with van der Waals surface area (Å²) < 4.78 is 20.6. The van der Waals surface area contributed by atoms with E-state index in [0.29, 0.717) is 18.9 Å². The van der Waals surface area contributed by atoms with Crippen molar-refractivity contribution in [2.24, 2.45) is 0 Å². The number of imidazole rings is 1. The number of rotatable bonds is 7. The van der Waals surface area contributed by atoms with Crippen molar-refractivity contribution in [1.29, 1.82) is 0 Å². The number of para-hydroxylation sites is 1. The topological polar surface area (TPSA) is 47.4 Å². The van der Waals surface area contributed by atoms with Gasteiger partial charge in [0.05, 0.1) is 24.3 Å². The van der Waals surface area contributed by atoms with Gasteiger partial charge in [0.15, 0.2) is 5.16 Å². The molecule has 0 spiro atoms. The maximum atomic E-state index is 13.3. The van der Waals surface area contributed by atoms with Crippen molar-refractivity contribution >= 4 is 23.4 Å². The Morgan fingerprint density at radius 3 is 2.77 bits per heavy atom. The zero-order chi connectivity index (χ0) is 21.1. The molecule has 0 fully saturated rings. The van der Waals surface area contributed by atoms with Gasteiger partial charge in [-0.1, -0.05) is 30.0 Å². The minimum atomic E-state index is -0.276. The van der Waals surface area contributed by atoms with Gasteiger partial charge in [-0.3, -0.25) is 4.79 Å². The van der Waals surface area contributed by atoms with Gasteiger partial charge in [-0.05, 0) is 54.8 Å². The molecule has 4 rings (SSSR count).